The van der Waals surface area contributed by atoms with Crippen LogP contribution < -0.4 is 5.32 Å². The Morgan fingerprint density at radius 3 is 3.00 bits per heavy atom. The Morgan fingerprint density at radius 2 is 2.26 bits per heavy atom. The lowest BCUT2D eigenvalue weighted by Gasteiger charge is -2.06. The molecule has 0 saturated carbocycles. The maximum Gasteiger partial charge on any atom is 0.223 e. The van der Waals surface area contributed by atoms with Crippen molar-refractivity contribution in [1.82, 2.24) is 9.97 Å². The fourth-order valence-corrected chi connectivity index (χ4v) is 2.78. The second-order valence-corrected chi connectivity index (χ2v) is 5.81. The van der Waals surface area contributed by atoms with Gasteiger partial charge in [0.2, 0.25) is 5.95 Å². The quantitative estimate of drug-likeness (QED) is 0.820. The predicted molar refractivity (Wildman–Crippen MR) is 79.0 cm³/mol. The van der Waals surface area contributed by atoms with Crippen molar-refractivity contribution in [1.29, 1.82) is 0 Å². The minimum Gasteiger partial charge on any atom is -0.354 e. The first-order valence-corrected chi connectivity index (χ1v) is 7.50. The summed E-state index contributed by atoms with van der Waals surface area (Å²) >= 11 is 4.67. The second kappa shape index (κ2) is 6.86. The number of rotatable bonds is 5. The SMILES string of the molecule is CCCNc1ncc(F)c(Sc2cccc(Br)c2)n1. The lowest BCUT2D eigenvalue weighted by molar-refractivity contribution is 0.580. The largest absolute Gasteiger partial charge is 0.354 e. The van der Waals surface area contributed by atoms with Crippen LogP contribution >= 0.6 is 27.7 Å². The molecule has 1 aromatic heterocycles. The highest BCUT2D eigenvalue weighted by Gasteiger charge is 2.09. The van der Waals surface area contributed by atoms with Crippen LogP contribution in [0.3, 0.4) is 0 Å². The lowest BCUT2D eigenvalue weighted by Crippen LogP contribution is -2.05. The van der Waals surface area contributed by atoms with Gasteiger partial charge in [-0.05, 0) is 24.6 Å². The van der Waals surface area contributed by atoms with Crippen LogP contribution in [0.2, 0.25) is 0 Å². The summed E-state index contributed by atoms with van der Waals surface area (Å²) in [6.07, 6.45) is 2.17. The third kappa shape index (κ3) is 4.18. The smallest absolute Gasteiger partial charge is 0.223 e. The number of hydrogen-bond donors (Lipinski definition) is 1. The Hall–Kier alpha value is -1.14. The summed E-state index contributed by atoms with van der Waals surface area (Å²) < 4.78 is 14.6. The maximum atomic E-state index is 13.7. The summed E-state index contributed by atoms with van der Waals surface area (Å²) in [5.41, 5.74) is 0. The van der Waals surface area contributed by atoms with Crippen LogP contribution in [0.25, 0.3) is 0 Å². The first-order chi connectivity index (χ1) is 9.19. The number of benzene rings is 1. The summed E-state index contributed by atoms with van der Waals surface area (Å²) in [7, 11) is 0. The van der Waals surface area contributed by atoms with Crippen LogP contribution in [0.1, 0.15) is 13.3 Å². The number of aromatic nitrogens is 2. The maximum absolute atomic E-state index is 13.7. The van der Waals surface area contributed by atoms with Crippen LogP contribution in [0.4, 0.5) is 10.3 Å². The van der Waals surface area contributed by atoms with E-state index in [1.165, 1.54) is 18.0 Å². The highest BCUT2D eigenvalue weighted by Crippen LogP contribution is 2.30. The van der Waals surface area contributed by atoms with Crippen molar-refractivity contribution in [3.8, 4) is 0 Å². The van der Waals surface area contributed by atoms with Gasteiger partial charge in [0.05, 0.1) is 6.20 Å². The molecule has 1 N–H and O–H groups in total. The molecule has 3 nitrogen and oxygen atoms in total. The third-order valence-electron chi connectivity index (χ3n) is 2.26. The van der Waals surface area contributed by atoms with Gasteiger partial charge >= 0.3 is 0 Å². The summed E-state index contributed by atoms with van der Waals surface area (Å²) in [5.74, 6) is 0.0489. The zero-order valence-corrected chi connectivity index (χ0v) is 12.8. The molecule has 0 spiro atoms. The van der Waals surface area contributed by atoms with E-state index in [1.807, 2.05) is 31.2 Å². The van der Waals surface area contributed by atoms with E-state index in [1.54, 1.807) is 0 Å². The predicted octanol–water partition coefficient (Wildman–Crippen LogP) is 4.35. The van der Waals surface area contributed by atoms with Gasteiger partial charge in [0.25, 0.3) is 0 Å². The van der Waals surface area contributed by atoms with Crippen molar-refractivity contribution in [3.63, 3.8) is 0 Å². The summed E-state index contributed by atoms with van der Waals surface area (Å²) in [5, 5.41) is 3.37. The van der Waals surface area contributed by atoms with Gasteiger partial charge in [0, 0.05) is 15.9 Å². The molecule has 0 bridgehead atoms. The molecule has 0 amide bonds. The van der Waals surface area contributed by atoms with Gasteiger partial charge in [-0.15, -0.1) is 0 Å². The number of nitrogens with zero attached hydrogens (tertiary/aromatic N) is 2. The van der Waals surface area contributed by atoms with E-state index in [9.17, 15) is 4.39 Å². The molecular formula is C13H13BrFN3S. The van der Waals surface area contributed by atoms with E-state index in [0.29, 0.717) is 11.0 Å². The van der Waals surface area contributed by atoms with Gasteiger partial charge in [-0.1, -0.05) is 40.7 Å². The minimum atomic E-state index is -0.410. The standard InChI is InChI=1S/C13H13BrFN3S/c1-2-6-16-13-17-8-11(15)12(18-13)19-10-5-3-4-9(14)7-10/h3-5,7-8H,2,6H2,1H3,(H,16,17,18). The molecule has 0 fully saturated rings. The van der Waals surface area contributed by atoms with Gasteiger partial charge in [-0.3, -0.25) is 0 Å². The number of hydrogen-bond acceptors (Lipinski definition) is 4. The first-order valence-electron chi connectivity index (χ1n) is 5.89. The van der Waals surface area contributed by atoms with Gasteiger partial charge in [0.15, 0.2) is 5.82 Å². The Balaban J connectivity index is 2.19. The molecule has 1 heterocycles. The van der Waals surface area contributed by atoms with Crippen LogP contribution in [-0.4, -0.2) is 16.5 Å². The van der Waals surface area contributed by atoms with Crippen molar-refractivity contribution >= 4 is 33.6 Å². The molecule has 19 heavy (non-hydrogen) atoms. The summed E-state index contributed by atoms with van der Waals surface area (Å²) in [6, 6.07) is 7.66. The Kier molecular flexibility index (Phi) is 5.15. The fraction of sp³-hybridized carbons (Fsp3) is 0.231. The molecule has 100 valence electrons. The first kappa shape index (κ1) is 14.3. The Bertz CT molecular complexity index is 565. The average Bonchev–Trinajstić information content (AvgIpc) is 2.40. The lowest BCUT2D eigenvalue weighted by atomic mass is 10.4. The van der Waals surface area contributed by atoms with Crippen molar-refractivity contribution in [3.05, 3.63) is 40.8 Å². The van der Waals surface area contributed by atoms with Gasteiger partial charge in [-0.2, -0.15) is 0 Å². The molecule has 0 atom stereocenters. The van der Waals surface area contributed by atoms with Crippen LogP contribution in [-0.2, 0) is 0 Å². The molecule has 0 saturated heterocycles. The van der Waals surface area contributed by atoms with Crippen LogP contribution in [0.15, 0.2) is 44.9 Å². The van der Waals surface area contributed by atoms with E-state index in [-0.39, 0.29) is 0 Å². The molecule has 0 aliphatic heterocycles. The second-order valence-electron chi connectivity index (χ2n) is 3.83. The zero-order chi connectivity index (χ0) is 13.7. The number of nitrogens with one attached hydrogen (secondary N) is 1. The van der Waals surface area contributed by atoms with Gasteiger partial charge < -0.3 is 5.32 Å². The van der Waals surface area contributed by atoms with E-state index in [4.69, 9.17) is 0 Å². The Labute approximate surface area is 124 Å². The molecule has 1 aromatic carbocycles. The van der Waals surface area contributed by atoms with Crippen molar-refractivity contribution in [2.75, 3.05) is 11.9 Å². The van der Waals surface area contributed by atoms with E-state index in [2.05, 4.69) is 31.2 Å². The normalized spacial score (nSPS) is 10.5. The molecule has 0 aliphatic rings. The van der Waals surface area contributed by atoms with Crippen molar-refractivity contribution in [2.24, 2.45) is 0 Å². The third-order valence-corrected chi connectivity index (χ3v) is 3.72. The molecule has 0 radical (unpaired) electrons. The highest BCUT2D eigenvalue weighted by atomic mass is 79.9. The van der Waals surface area contributed by atoms with Crippen molar-refractivity contribution < 1.29 is 4.39 Å². The summed E-state index contributed by atoms with van der Waals surface area (Å²) in [4.78, 5) is 9.03. The minimum absolute atomic E-state index is 0.326. The molecule has 2 aromatic rings. The van der Waals surface area contributed by atoms with Crippen LogP contribution in [0, 0.1) is 5.82 Å². The van der Waals surface area contributed by atoms with Crippen LogP contribution in [0.5, 0.6) is 0 Å². The molecular weight excluding hydrogens is 329 g/mol. The van der Waals surface area contributed by atoms with Gasteiger partial charge in [-0.25, -0.2) is 14.4 Å². The highest BCUT2D eigenvalue weighted by molar-refractivity contribution is 9.10. The molecule has 0 unspecified atom stereocenters. The average molecular weight is 342 g/mol. The topological polar surface area (TPSA) is 37.8 Å². The van der Waals surface area contributed by atoms with Crippen molar-refractivity contribution in [2.45, 2.75) is 23.3 Å². The summed E-state index contributed by atoms with van der Waals surface area (Å²) in [6.45, 7) is 2.82. The van der Waals surface area contributed by atoms with E-state index < -0.39 is 5.82 Å². The molecule has 6 heteroatoms. The number of halogens is 2. The van der Waals surface area contributed by atoms with E-state index >= 15 is 0 Å². The molecule has 2 rings (SSSR count). The van der Waals surface area contributed by atoms with E-state index in [0.717, 1.165) is 22.3 Å². The number of anilines is 1. The Morgan fingerprint density at radius 1 is 1.42 bits per heavy atom. The zero-order valence-electron chi connectivity index (χ0n) is 10.4. The monoisotopic (exact) mass is 341 g/mol. The fourth-order valence-electron chi connectivity index (χ4n) is 1.39. The van der Waals surface area contributed by atoms with Gasteiger partial charge in [0.1, 0.15) is 5.03 Å². The molecule has 0 aliphatic carbocycles.